The van der Waals surface area contributed by atoms with E-state index < -0.39 is 5.41 Å². The molecule has 2 aliphatic heterocycles. The first-order chi connectivity index (χ1) is 15.0. The number of carbonyl (C=O) groups is 2. The van der Waals surface area contributed by atoms with Crippen molar-refractivity contribution in [1.82, 2.24) is 10.2 Å². The van der Waals surface area contributed by atoms with Gasteiger partial charge in [0.05, 0.1) is 12.0 Å². The van der Waals surface area contributed by atoms with Gasteiger partial charge in [0.1, 0.15) is 11.6 Å². The smallest absolute Gasteiger partial charge is 0.230 e. The number of carbonyl (C=O) groups excluding carboxylic acids is 2. The van der Waals surface area contributed by atoms with Crippen molar-refractivity contribution in [3.05, 3.63) is 65.0 Å². The van der Waals surface area contributed by atoms with Crippen LogP contribution in [0.3, 0.4) is 0 Å². The Hall–Kier alpha value is -2.93. The Bertz CT molecular complexity index is 956. The van der Waals surface area contributed by atoms with Crippen LogP contribution in [0.15, 0.2) is 42.5 Å². The van der Waals surface area contributed by atoms with Crippen molar-refractivity contribution in [1.29, 1.82) is 0 Å². The van der Waals surface area contributed by atoms with Crippen LogP contribution >= 0.6 is 0 Å². The third-order valence-electron chi connectivity index (χ3n) is 6.25. The number of nitrogens with one attached hydrogen (secondary N) is 1. The summed E-state index contributed by atoms with van der Waals surface area (Å²) >= 11 is 0. The minimum absolute atomic E-state index is 0.0296. The molecule has 1 saturated heterocycles. The first-order valence-corrected chi connectivity index (χ1v) is 10.6. The lowest BCUT2D eigenvalue weighted by molar-refractivity contribution is -0.135. The van der Waals surface area contributed by atoms with Crippen molar-refractivity contribution in [3.8, 4) is 5.75 Å². The summed E-state index contributed by atoms with van der Waals surface area (Å²) in [4.78, 5) is 27.0. The Kier molecular flexibility index (Phi) is 6.23. The number of rotatable bonds is 5. The van der Waals surface area contributed by atoms with Gasteiger partial charge in [0.25, 0.3) is 0 Å². The molecule has 31 heavy (non-hydrogen) atoms. The molecule has 0 unspecified atom stereocenters. The fourth-order valence-electron chi connectivity index (χ4n) is 4.53. The van der Waals surface area contributed by atoms with E-state index in [1.165, 1.54) is 12.1 Å². The molecule has 2 amide bonds. The van der Waals surface area contributed by atoms with Crippen molar-refractivity contribution < 1.29 is 23.5 Å². The number of benzene rings is 2. The first kappa shape index (κ1) is 21.3. The Morgan fingerprint density at radius 3 is 2.61 bits per heavy atom. The standard InChI is InChI=1S/C24H27FN2O4/c1-17(28)27-11-8-24(9-12-27,20-5-3-2-4-6-20)23(29)26-10-7-18-13-21(25)14-19-15-30-16-31-22(18)19/h2-6,13-14H,7-12,15-16H2,1H3,(H,26,29). The lowest BCUT2D eigenvalue weighted by Crippen LogP contribution is -2.52. The van der Waals surface area contributed by atoms with Crippen molar-refractivity contribution in [2.75, 3.05) is 26.4 Å². The highest BCUT2D eigenvalue weighted by Crippen LogP contribution is 2.36. The minimum Gasteiger partial charge on any atom is -0.467 e. The highest BCUT2D eigenvalue weighted by atomic mass is 19.1. The topological polar surface area (TPSA) is 67.9 Å². The lowest BCUT2D eigenvalue weighted by atomic mass is 9.72. The summed E-state index contributed by atoms with van der Waals surface area (Å²) in [5.41, 5.74) is 1.68. The fraction of sp³-hybridized carbons (Fsp3) is 0.417. The van der Waals surface area contributed by atoms with Crippen molar-refractivity contribution in [2.45, 2.75) is 38.2 Å². The molecule has 0 spiro atoms. The Morgan fingerprint density at radius 2 is 1.90 bits per heavy atom. The second-order valence-corrected chi connectivity index (χ2v) is 8.12. The van der Waals surface area contributed by atoms with Crippen LogP contribution in [0.1, 0.15) is 36.5 Å². The summed E-state index contributed by atoms with van der Waals surface area (Å²) in [7, 11) is 0. The van der Waals surface area contributed by atoms with Crippen molar-refractivity contribution in [2.24, 2.45) is 0 Å². The molecule has 2 aliphatic rings. The molecular formula is C24H27FN2O4. The van der Waals surface area contributed by atoms with Gasteiger partial charge in [0.15, 0.2) is 6.79 Å². The highest BCUT2D eigenvalue weighted by molar-refractivity contribution is 5.88. The zero-order chi connectivity index (χ0) is 21.8. The highest BCUT2D eigenvalue weighted by Gasteiger charge is 2.43. The average Bonchev–Trinajstić information content (AvgIpc) is 2.79. The third-order valence-corrected chi connectivity index (χ3v) is 6.25. The van der Waals surface area contributed by atoms with Gasteiger partial charge in [0.2, 0.25) is 11.8 Å². The molecule has 0 aromatic heterocycles. The largest absolute Gasteiger partial charge is 0.467 e. The van der Waals surface area contributed by atoms with Gasteiger partial charge in [-0.3, -0.25) is 9.59 Å². The van der Waals surface area contributed by atoms with E-state index in [0.29, 0.717) is 56.8 Å². The third kappa shape index (κ3) is 4.42. The number of hydrogen-bond acceptors (Lipinski definition) is 4. The van der Waals surface area contributed by atoms with Crippen LogP contribution in [0.25, 0.3) is 0 Å². The molecule has 6 nitrogen and oxygen atoms in total. The number of fused-ring (bicyclic) bond motifs is 1. The number of amides is 2. The summed E-state index contributed by atoms with van der Waals surface area (Å²) in [5.74, 6) is 0.277. The van der Waals surface area contributed by atoms with Crippen molar-refractivity contribution >= 4 is 11.8 Å². The van der Waals surface area contributed by atoms with Crippen LogP contribution in [0, 0.1) is 5.82 Å². The summed E-state index contributed by atoms with van der Waals surface area (Å²) in [6, 6.07) is 12.6. The van der Waals surface area contributed by atoms with Crippen molar-refractivity contribution in [3.63, 3.8) is 0 Å². The molecule has 0 bridgehead atoms. The maximum absolute atomic E-state index is 14.0. The Morgan fingerprint density at radius 1 is 1.16 bits per heavy atom. The predicted octanol–water partition coefficient (Wildman–Crippen LogP) is 2.93. The van der Waals surface area contributed by atoms with E-state index in [0.717, 1.165) is 11.1 Å². The van der Waals surface area contributed by atoms with E-state index in [1.807, 2.05) is 30.3 Å². The maximum Gasteiger partial charge on any atom is 0.230 e. The number of piperidine rings is 1. The second-order valence-electron chi connectivity index (χ2n) is 8.12. The van der Waals surface area contributed by atoms with E-state index in [9.17, 15) is 14.0 Å². The number of ether oxygens (including phenoxy) is 2. The number of likely N-dealkylation sites (tertiary alicyclic amines) is 1. The molecule has 0 aliphatic carbocycles. The normalized spacial score (nSPS) is 17.4. The van der Waals surface area contributed by atoms with Gasteiger partial charge in [-0.1, -0.05) is 30.3 Å². The molecule has 0 atom stereocenters. The quantitative estimate of drug-likeness (QED) is 0.798. The van der Waals surface area contributed by atoms with E-state index in [1.54, 1.807) is 11.8 Å². The fourth-order valence-corrected chi connectivity index (χ4v) is 4.53. The van der Waals surface area contributed by atoms with Gasteiger partial charge >= 0.3 is 0 Å². The molecule has 2 aromatic carbocycles. The zero-order valence-corrected chi connectivity index (χ0v) is 17.7. The lowest BCUT2D eigenvalue weighted by Gasteiger charge is -2.40. The Labute approximate surface area is 181 Å². The molecule has 2 heterocycles. The van der Waals surface area contributed by atoms with Gasteiger partial charge in [-0.05, 0) is 42.5 Å². The van der Waals surface area contributed by atoms with E-state index in [2.05, 4.69) is 5.32 Å². The zero-order valence-electron chi connectivity index (χ0n) is 17.7. The van der Waals surface area contributed by atoms with Gasteiger partial charge in [-0.15, -0.1) is 0 Å². The van der Waals surface area contributed by atoms with E-state index >= 15 is 0 Å². The Balaban J connectivity index is 1.48. The molecular weight excluding hydrogens is 399 g/mol. The summed E-state index contributed by atoms with van der Waals surface area (Å²) in [6.45, 7) is 3.47. The maximum atomic E-state index is 14.0. The molecule has 1 fully saturated rings. The molecule has 2 aromatic rings. The molecule has 4 rings (SSSR count). The first-order valence-electron chi connectivity index (χ1n) is 10.6. The molecule has 164 valence electrons. The van der Waals surface area contributed by atoms with Gasteiger partial charge in [0, 0.05) is 32.1 Å². The van der Waals surface area contributed by atoms with Gasteiger partial charge in [-0.2, -0.15) is 0 Å². The molecule has 0 saturated carbocycles. The van der Waals surface area contributed by atoms with Crippen LogP contribution in [0.2, 0.25) is 0 Å². The van der Waals surface area contributed by atoms with Crippen LogP contribution < -0.4 is 10.1 Å². The van der Waals surface area contributed by atoms with Crippen LogP contribution in [-0.4, -0.2) is 43.1 Å². The summed E-state index contributed by atoms with van der Waals surface area (Å²) in [6.07, 6.45) is 1.59. The summed E-state index contributed by atoms with van der Waals surface area (Å²) < 4.78 is 24.8. The predicted molar refractivity (Wildman–Crippen MR) is 113 cm³/mol. The minimum atomic E-state index is -0.682. The second kappa shape index (κ2) is 9.06. The van der Waals surface area contributed by atoms with Crippen LogP contribution in [-0.2, 0) is 32.8 Å². The van der Waals surface area contributed by atoms with E-state index in [-0.39, 0.29) is 24.4 Å². The average molecular weight is 426 g/mol. The SMILES string of the molecule is CC(=O)N1CCC(C(=O)NCCc2cc(F)cc3c2OCOC3)(c2ccccc2)CC1. The number of hydrogen-bond donors (Lipinski definition) is 1. The molecule has 0 radical (unpaired) electrons. The molecule has 1 N–H and O–H groups in total. The molecule has 7 heteroatoms. The van der Waals surface area contributed by atoms with E-state index in [4.69, 9.17) is 9.47 Å². The number of nitrogens with zero attached hydrogens (tertiary/aromatic N) is 1. The van der Waals surface area contributed by atoms with Crippen LogP contribution in [0.4, 0.5) is 4.39 Å². The van der Waals surface area contributed by atoms with Gasteiger partial charge < -0.3 is 19.7 Å². The monoisotopic (exact) mass is 426 g/mol. The van der Waals surface area contributed by atoms with Gasteiger partial charge in [-0.25, -0.2) is 4.39 Å². The van der Waals surface area contributed by atoms with Crippen LogP contribution in [0.5, 0.6) is 5.75 Å². The summed E-state index contributed by atoms with van der Waals surface area (Å²) in [5, 5.41) is 3.06. The number of halogens is 1.